The summed E-state index contributed by atoms with van der Waals surface area (Å²) in [5.41, 5.74) is 5.82. The lowest BCUT2D eigenvalue weighted by atomic mass is 10.1. The van der Waals surface area contributed by atoms with Crippen LogP contribution in [-0.2, 0) is 6.18 Å². The van der Waals surface area contributed by atoms with Crippen LogP contribution in [0.4, 0.5) is 18.9 Å². The predicted octanol–water partition coefficient (Wildman–Crippen LogP) is 2.55. The van der Waals surface area contributed by atoms with Crippen molar-refractivity contribution in [2.45, 2.75) is 13.1 Å². The zero-order chi connectivity index (χ0) is 14.8. The lowest BCUT2D eigenvalue weighted by molar-refractivity contribution is -0.137. The SMILES string of the molecule is CCN(C[C@H]1C=C(N)NC1)c1ccc(C(F)(F)F)cc1. The Hall–Kier alpha value is -1.85. The number of nitrogens with zero attached hydrogens (tertiary/aromatic N) is 1. The van der Waals surface area contributed by atoms with E-state index >= 15 is 0 Å². The Labute approximate surface area is 116 Å². The summed E-state index contributed by atoms with van der Waals surface area (Å²) in [6.45, 7) is 4.21. The van der Waals surface area contributed by atoms with Crippen molar-refractivity contribution in [3.05, 3.63) is 41.7 Å². The smallest absolute Gasteiger partial charge is 0.386 e. The van der Waals surface area contributed by atoms with Gasteiger partial charge in [0.05, 0.1) is 11.4 Å². The molecular formula is C14H18F3N3. The van der Waals surface area contributed by atoms with Gasteiger partial charge in [-0.25, -0.2) is 0 Å². The Morgan fingerprint density at radius 3 is 2.40 bits per heavy atom. The number of benzene rings is 1. The van der Waals surface area contributed by atoms with E-state index in [2.05, 4.69) is 5.32 Å². The number of nitrogens with two attached hydrogens (primary N) is 1. The van der Waals surface area contributed by atoms with Crippen LogP contribution in [0.2, 0.25) is 0 Å². The highest BCUT2D eigenvalue weighted by molar-refractivity contribution is 5.48. The van der Waals surface area contributed by atoms with Crippen LogP contribution in [0.1, 0.15) is 12.5 Å². The van der Waals surface area contributed by atoms with E-state index < -0.39 is 11.7 Å². The summed E-state index contributed by atoms with van der Waals surface area (Å²) < 4.78 is 37.6. The Morgan fingerprint density at radius 1 is 1.30 bits per heavy atom. The standard InChI is InChI=1S/C14H18F3N3/c1-2-20(9-10-7-13(18)19-8-10)12-5-3-11(4-6-12)14(15,16)17/h3-7,10,19H,2,8-9,18H2,1H3/t10-/m0/s1. The predicted molar refractivity (Wildman–Crippen MR) is 73.1 cm³/mol. The number of halogens is 3. The topological polar surface area (TPSA) is 41.3 Å². The zero-order valence-corrected chi connectivity index (χ0v) is 11.2. The lowest BCUT2D eigenvalue weighted by Gasteiger charge is -2.26. The number of anilines is 1. The summed E-state index contributed by atoms with van der Waals surface area (Å²) in [5, 5.41) is 3.04. The Balaban J connectivity index is 2.08. The molecule has 0 fully saturated rings. The van der Waals surface area contributed by atoms with Gasteiger partial charge in [0.25, 0.3) is 0 Å². The van der Waals surface area contributed by atoms with Crippen molar-refractivity contribution in [2.75, 3.05) is 24.5 Å². The molecule has 0 aromatic heterocycles. The third kappa shape index (κ3) is 3.37. The molecule has 1 aliphatic rings. The minimum Gasteiger partial charge on any atom is -0.386 e. The molecule has 3 N–H and O–H groups in total. The molecular weight excluding hydrogens is 267 g/mol. The molecule has 0 bridgehead atoms. The maximum absolute atomic E-state index is 12.5. The molecule has 1 heterocycles. The minimum atomic E-state index is -4.29. The molecule has 1 aliphatic heterocycles. The second-order valence-electron chi connectivity index (χ2n) is 4.85. The molecule has 0 amide bonds. The second-order valence-corrected chi connectivity index (χ2v) is 4.85. The van der Waals surface area contributed by atoms with Crippen LogP contribution in [-0.4, -0.2) is 19.6 Å². The van der Waals surface area contributed by atoms with Crippen molar-refractivity contribution in [2.24, 2.45) is 11.7 Å². The van der Waals surface area contributed by atoms with Crippen LogP contribution in [0.25, 0.3) is 0 Å². The molecule has 3 nitrogen and oxygen atoms in total. The van der Waals surface area contributed by atoms with Crippen molar-refractivity contribution in [1.82, 2.24) is 5.32 Å². The maximum Gasteiger partial charge on any atom is 0.416 e. The highest BCUT2D eigenvalue weighted by atomic mass is 19.4. The molecule has 6 heteroatoms. The third-order valence-corrected chi connectivity index (χ3v) is 3.38. The van der Waals surface area contributed by atoms with Gasteiger partial charge < -0.3 is 16.0 Å². The van der Waals surface area contributed by atoms with Crippen molar-refractivity contribution < 1.29 is 13.2 Å². The first-order valence-electron chi connectivity index (χ1n) is 6.53. The van der Waals surface area contributed by atoms with Gasteiger partial charge in [-0.3, -0.25) is 0 Å². The fourth-order valence-electron chi connectivity index (χ4n) is 2.30. The fraction of sp³-hybridized carbons (Fsp3) is 0.429. The molecule has 110 valence electrons. The zero-order valence-electron chi connectivity index (χ0n) is 11.2. The number of hydrogen-bond donors (Lipinski definition) is 2. The van der Waals surface area contributed by atoms with E-state index in [4.69, 9.17) is 5.73 Å². The molecule has 0 saturated heterocycles. The van der Waals surface area contributed by atoms with Gasteiger partial charge in [-0.2, -0.15) is 13.2 Å². The van der Waals surface area contributed by atoms with E-state index in [1.807, 2.05) is 17.9 Å². The molecule has 1 aromatic rings. The van der Waals surface area contributed by atoms with Crippen LogP contribution in [0, 0.1) is 5.92 Å². The summed E-state index contributed by atoms with van der Waals surface area (Å²) in [6.07, 6.45) is -2.34. The second kappa shape index (κ2) is 5.64. The van der Waals surface area contributed by atoms with Crippen LogP contribution < -0.4 is 16.0 Å². The van der Waals surface area contributed by atoms with Crippen LogP contribution >= 0.6 is 0 Å². The highest BCUT2D eigenvalue weighted by Crippen LogP contribution is 2.30. The molecule has 0 aliphatic carbocycles. The number of hydrogen-bond acceptors (Lipinski definition) is 3. The molecule has 20 heavy (non-hydrogen) atoms. The molecule has 0 saturated carbocycles. The van der Waals surface area contributed by atoms with E-state index in [9.17, 15) is 13.2 Å². The number of alkyl halides is 3. The van der Waals surface area contributed by atoms with E-state index in [0.29, 0.717) is 5.82 Å². The van der Waals surface area contributed by atoms with Crippen LogP contribution in [0.15, 0.2) is 36.2 Å². The summed E-state index contributed by atoms with van der Waals surface area (Å²) in [7, 11) is 0. The lowest BCUT2D eigenvalue weighted by Crippen LogP contribution is -2.30. The number of nitrogens with one attached hydrogen (secondary N) is 1. The van der Waals surface area contributed by atoms with E-state index in [-0.39, 0.29) is 5.92 Å². The average molecular weight is 285 g/mol. The summed E-state index contributed by atoms with van der Waals surface area (Å²) in [5.74, 6) is 0.940. The first-order chi connectivity index (χ1) is 9.40. The van der Waals surface area contributed by atoms with E-state index in [0.717, 1.165) is 37.5 Å². The van der Waals surface area contributed by atoms with Gasteiger partial charge >= 0.3 is 6.18 Å². The fourth-order valence-corrected chi connectivity index (χ4v) is 2.30. The highest BCUT2D eigenvalue weighted by Gasteiger charge is 2.30. The quantitative estimate of drug-likeness (QED) is 0.893. The molecule has 1 aromatic carbocycles. The van der Waals surface area contributed by atoms with Gasteiger partial charge in [-0.05, 0) is 37.3 Å². The van der Waals surface area contributed by atoms with Crippen LogP contribution in [0.5, 0.6) is 0 Å². The maximum atomic E-state index is 12.5. The van der Waals surface area contributed by atoms with Gasteiger partial charge in [-0.1, -0.05) is 0 Å². The number of rotatable bonds is 4. The third-order valence-electron chi connectivity index (χ3n) is 3.38. The van der Waals surface area contributed by atoms with Crippen LogP contribution in [0.3, 0.4) is 0 Å². The average Bonchev–Trinajstić information content (AvgIpc) is 2.81. The van der Waals surface area contributed by atoms with Gasteiger partial charge in [0.2, 0.25) is 0 Å². The summed E-state index contributed by atoms with van der Waals surface area (Å²) >= 11 is 0. The van der Waals surface area contributed by atoms with Crippen molar-refractivity contribution in [3.8, 4) is 0 Å². The monoisotopic (exact) mass is 285 g/mol. The minimum absolute atomic E-state index is 0.275. The van der Waals surface area contributed by atoms with Crippen molar-refractivity contribution in [3.63, 3.8) is 0 Å². The van der Waals surface area contributed by atoms with Crippen molar-refractivity contribution >= 4 is 5.69 Å². The molecule has 0 unspecified atom stereocenters. The van der Waals surface area contributed by atoms with Gasteiger partial charge in [0.1, 0.15) is 0 Å². The summed E-state index contributed by atoms with van der Waals surface area (Å²) in [4.78, 5) is 2.04. The van der Waals surface area contributed by atoms with Gasteiger partial charge in [0, 0.05) is 31.2 Å². The Morgan fingerprint density at radius 2 is 1.95 bits per heavy atom. The molecule has 0 spiro atoms. The Bertz CT molecular complexity index is 479. The molecule has 2 rings (SSSR count). The van der Waals surface area contributed by atoms with E-state index in [1.165, 1.54) is 12.1 Å². The summed E-state index contributed by atoms with van der Waals surface area (Å²) in [6, 6.07) is 5.27. The van der Waals surface area contributed by atoms with E-state index in [1.54, 1.807) is 0 Å². The largest absolute Gasteiger partial charge is 0.416 e. The first-order valence-corrected chi connectivity index (χ1v) is 6.53. The Kier molecular flexibility index (Phi) is 4.11. The van der Waals surface area contributed by atoms with Gasteiger partial charge in [0.15, 0.2) is 0 Å². The molecule has 1 atom stereocenters. The van der Waals surface area contributed by atoms with Gasteiger partial charge in [-0.15, -0.1) is 0 Å². The molecule has 0 radical (unpaired) electrons. The normalized spacial score (nSPS) is 18.6. The first kappa shape index (κ1) is 14.6. The van der Waals surface area contributed by atoms with Crippen molar-refractivity contribution in [1.29, 1.82) is 0 Å².